The van der Waals surface area contributed by atoms with Crippen molar-refractivity contribution in [3.8, 4) is 11.5 Å². The fourth-order valence-corrected chi connectivity index (χ4v) is 2.31. The van der Waals surface area contributed by atoms with Gasteiger partial charge in [-0.25, -0.2) is 0 Å². The molecule has 0 saturated carbocycles. The van der Waals surface area contributed by atoms with E-state index in [1.807, 2.05) is 31.2 Å². The third-order valence-electron chi connectivity index (χ3n) is 3.73. The summed E-state index contributed by atoms with van der Waals surface area (Å²) in [6.07, 6.45) is -2.86. The normalized spacial score (nSPS) is 11.6. The van der Waals surface area contributed by atoms with Crippen molar-refractivity contribution in [3.63, 3.8) is 0 Å². The Bertz CT molecular complexity index is 917. The number of hydrogen-bond donors (Lipinski definition) is 1. The molecule has 0 aliphatic rings. The van der Waals surface area contributed by atoms with Gasteiger partial charge in [0.2, 0.25) is 0 Å². The first-order chi connectivity index (χ1) is 12.9. The van der Waals surface area contributed by atoms with Gasteiger partial charge >= 0.3 is 6.18 Å². The molecule has 0 bridgehead atoms. The Morgan fingerprint density at radius 2 is 1.52 bits per heavy atom. The van der Waals surface area contributed by atoms with Crippen LogP contribution in [-0.2, 0) is 6.18 Å². The van der Waals surface area contributed by atoms with Gasteiger partial charge < -0.3 is 4.74 Å². The molecule has 0 fully saturated rings. The number of anilines is 1. The van der Waals surface area contributed by atoms with Crippen molar-refractivity contribution in [3.05, 3.63) is 89.5 Å². The molecule has 0 unspecified atom stereocenters. The zero-order chi connectivity index (χ0) is 19.3. The molecule has 1 N–H and O–H groups in total. The van der Waals surface area contributed by atoms with Crippen LogP contribution in [0.2, 0.25) is 0 Å². The van der Waals surface area contributed by atoms with Crippen molar-refractivity contribution in [2.45, 2.75) is 13.1 Å². The van der Waals surface area contributed by atoms with E-state index in [9.17, 15) is 13.2 Å². The quantitative estimate of drug-likeness (QED) is 0.425. The maximum Gasteiger partial charge on any atom is 0.416 e. The van der Waals surface area contributed by atoms with E-state index in [0.717, 1.165) is 29.0 Å². The lowest BCUT2D eigenvalue weighted by molar-refractivity contribution is -0.137. The number of hydrogen-bond acceptors (Lipinski definition) is 3. The van der Waals surface area contributed by atoms with E-state index in [1.165, 1.54) is 18.3 Å². The van der Waals surface area contributed by atoms with Gasteiger partial charge in [-0.05, 0) is 67.1 Å². The summed E-state index contributed by atoms with van der Waals surface area (Å²) in [5, 5.41) is 3.98. The zero-order valence-electron chi connectivity index (χ0n) is 14.5. The summed E-state index contributed by atoms with van der Waals surface area (Å²) in [6.45, 7) is 2.01. The predicted octanol–water partition coefficient (Wildman–Crippen LogP) is 6.25. The van der Waals surface area contributed by atoms with Crippen LogP contribution in [0, 0.1) is 6.92 Å². The fourth-order valence-electron chi connectivity index (χ4n) is 2.31. The van der Waals surface area contributed by atoms with E-state index in [4.69, 9.17) is 4.74 Å². The molecule has 138 valence electrons. The first-order valence-electron chi connectivity index (χ1n) is 8.21. The summed E-state index contributed by atoms with van der Waals surface area (Å²) in [5.41, 5.74) is 4.08. The molecule has 0 aliphatic heterocycles. The SMILES string of the molecule is Cc1ccc(Oc2ccc(C=NNc3cccc(C(F)(F)F)c3)cc2)cc1. The van der Waals surface area contributed by atoms with Gasteiger partial charge in [0.1, 0.15) is 11.5 Å². The van der Waals surface area contributed by atoms with Gasteiger partial charge in [0.05, 0.1) is 17.5 Å². The van der Waals surface area contributed by atoms with Crippen LogP contribution in [0.3, 0.4) is 0 Å². The maximum atomic E-state index is 12.7. The van der Waals surface area contributed by atoms with Crippen LogP contribution in [0.15, 0.2) is 77.9 Å². The molecule has 3 aromatic rings. The Morgan fingerprint density at radius 1 is 0.889 bits per heavy atom. The molecule has 27 heavy (non-hydrogen) atoms. The average Bonchev–Trinajstić information content (AvgIpc) is 2.65. The summed E-state index contributed by atoms with van der Waals surface area (Å²) in [5.74, 6) is 1.43. The van der Waals surface area contributed by atoms with Crippen molar-refractivity contribution >= 4 is 11.9 Å². The Balaban J connectivity index is 1.60. The molecule has 6 heteroatoms. The summed E-state index contributed by atoms with van der Waals surface area (Å²) in [6, 6.07) is 19.8. The van der Waals surface area contributed by atoms with Gasteiger partial charge in [0, 0.05) is 0 Å². The molecule has 0 aliphatic carbocycles. The minimum absolute atomic E-state index is 0.264. The molecule has 0 amide bonds. The smallest absolute Gasteiger partial charge is 0.416 e. The Kier molecular flexibility index (Phi) is 5.45. The van der Waals surface area contributed by atoms with E-state index < -0.39 is 11.7 Å². The van der Waals surface area contributed by atoms with Crippen LogP contribution >= 0.6 is 0 Å². The second-order valence-corrected chi connectivity index (χ2v) is 5.93. The Hall–Kier alpha value is -3.28. The largest absolute Gasteiger partial charge is 0.457 e. The van der Waals surface area contributed by atoms with Crippen LogP contribution in [0.25, 0.3) is 0 Å². The van der Waals surface area contributed by atoms with E-state index in [0.29, 0.717) is 5.75 Å². The molecule has 0 atom stereocenters. The highest BCUT2D eigenvalue weighted by Crippen LogP contribution is 2.30. The number of nitrogens with zero attached hydrogens (tertiary/aromatic N) is 1. The third kappa shape index (κ3) is 5.34. The molecule has 0 heterocycles. The Labute approximate surface area is 155 Å². The highest BCUT2D eigenvalue weighted by Gasteiger charge is 2.30. The second-order valence-electron chi connectivity index (χ2n) is 5.93. The monoisotopic (exact) mass is 370 g/mol. The van der Waals surface area contributed by atoms with Crippen molar-refractivity contribution in [2.75, 3.05) is 5.43 Å². The van der Waals surface area contributed by atoms with Crippen LogP contribution in [0.5, 0.6) is 11.5 Å². The van der Waals surface area contributed by atoms with Gasteiger partial charge in [-0.1, -0.05) is 23.8 Å². The number of aryl methyl sites for hydroxylation is 1. The van der Waals surface area contributed by atoms with Crippen molar-refractivity contribution in [1.82, 2.24) is 0 Å². The maximum absolute atomic E-state index is 12.7. The third-order valence-corrected chi connectivity index (χ3v) is 3.73. The number of alkyl halides is 3. The highest BCUT2D eigenvalue weighted by molar-refractivity contribution is 5.80. The summed E-state index contributed by atoms with van der Waals surface area (Å²) in [7, 11) is 0. The molecule has 0 spiro atoms. The van der Waals surface area contributed by atoms with Crippen molar-refractivity contribution in [1.29, 1.82) is 0 Å². The predicted molar refractivity (Wildman–Crippen MR) is 100 cm³/mol. The van der Waals surface area contributed by atoms with E-state index in [1.54, 1.807) is 24.3 Å². The lowest BCUT2D eigenvalue weighted by atomic mass is 10.2. The van der Waals surface area contributed by atoms with Gasteiger partial charge in [-0.2, -0.15) is 18.3 Å². The van der Waals surface area contributed by atoms with Gasteiger partial charge in [0.15, 0.2) is 0 Å². The van der Waals surface area contributed by atoms with E-state index >= 15 is 0 Å². The molecule has 3 rings (SSSR count). The molecule has 3 aromatic carbocycles. The number of nitrogens with one attached hydrogen (secondary N) is 1. The lowest BCUT2D eigenvalue weighted by Crippen LogP contribution is -2.05. The number of benzene rings is 3. The first-order valence-corrected chi connectivity index (χ1v) is 8.21. The molecular weight excluding hydrogens is 353 g/mol. The topological polar surface area (TPSA) is 33.6 Å². The summed E-state index contributed by atoms with van der Waals surface area (Å²) in [4.78, 5) is 0. The average molecular weight is 370 g/mol. The fraction of sp³-hybridized carbons (Fsp3) is 0.0952. The molecule has 0 aromatic heterocycles. The van der Waals surface area contributed by atoms with Crippen molar-refractivity contribution < 1.29 is 17.9 Å². The second kappa shape index (κ2) is 7.95. The Morgan fingerprint density at radius 3 is 2.15 bits per heavy atom. The summed E-state index contributed by atoms with van der Waals surface area (Å²) >= 11 is 0. The number of ether oxygens (including phenoxy) is 1. The van der Waals surface area contributed by atoms with E-state index in [2.05, 4.69) is 10.5 Å². The number of halogens is 3. The zero-order valence-corrected chi connectivity index (χ0v) is 14.5. The van der Waals surface area contributed by atoms with Crippen LogP contribution < -0.4 is 10.2 Å². The number of hydrazone groups is 1. The van der Waals surface area contributed by atoms with Crippen LogP contribution in [-0.4, -0.2) is 6.21 Å². The van der Waals surface area contributed by atoms with Gasteiger partial charge in [0.25, 0.3) is 0 Å². The summed E-state index contributed by atoms with van der Waals surface area (Å²) < 4.78 is 43.8. The minimum Gasteiger partial charge on any atom is -0.457 e. The molecule has 0 saturated heterocycles. The van der Waals surface area contributed by atoms with Crippen LogP contribution in [0.4, 0.5) is 18.9 Å². The van der Waals surface area contributed by atoms with Crippen molar-refractivity contribution in [2.24, 2.45) is 5.10 Å². The first kappa shape index (κ1) is 18.5. The lowest BCUT2D eigenvalue weighted by Gasteiger charge is -2.08. The van der Waals surface area contributed by atoms with Crippen LogP contribution in [0.1, 0.15) is 16.7 Å². The molecule has 3 nitrogen and oxygen atoms in total. The molecule has 0 radical (unpaired) electrons. The highest BCUT2D eigenvalue weighted by atomic mass is 19.4. The van der Waals surface area contributed by atoms with Gasteiger partial charge in [-0.3, -0.25) is 5.43 Å². The minimum atomic E-state index is -4.38. The van der Waals surface area contributed by atoms with E-state index in [-0.39, 0.29) is 5.69 Å². The number of rotatable bonds is 5. The standard InChI is InChI=1S/C21H17F3N2O/c1-15-5-9-19(10-6-15)27-20-11-7-16(8-12-20)14-25-26-18-4-2-3-17(13-18)21(22,23)24/h2-14,26H,1H3. The molecular formula is C21H17F3N2O. The van der Waals surface area contributed by atoms with Gasteiger partial charge in [-0.15, -0.1) is 0 Å².